The van der Waals surface area contributed by atoms with Crippen LogP contribution in [-0.2, 0) is 46.9 Å². The van der Waals surface area contributed by atoms with E-state index in [1.165, 1.54) is 22.9 Å². The Morgan fingerprint density at radius 2 is 2.13 bits per heavy atom. The number of benzene rings is 1. The number of methoxy groups -OCH3 is 1. The molecule has 160 valence electrons. The molecule has 1 unspecified atom stereocenters. The SMILES string of the molecule is COC[C@]1(C)Cn2ncc(S(N)(=O)=NC(=O)Nc3c4c(cc5c3CC5)CCC4)c2O1. The largest absolute Gasteiger partial charge is 0.466 e. The second-order valence-electron chi connectivity index (χ2n) is 8.43. The summed E-state index contributed by atoms with van der Waals surface area (Å²) in [5, 5.41) is 13.1. The number of anilines is 1. The van der Waals surface area contributed by atoms with E-state index in [0.717, 1.165) is 43.4 Å². The van der Waals surface area contributed by atoms with Crippen molar-refractivity contribution in [2.45, 2.75) is 56.1 Å². The first-order valence-electron chi connectivity index (χ1n) is 10.1. The van der Waals surface area contributed by atoms with E-state index in [1.54, 1.807) is 11.8 Å². The predicted octanol–water partition coefficient (Wildman–Crippen LogP) is 2.20. The Hall–Kier alpha value is -2.43. The molecule has 0 radical (unpaired) electrons. The number of nitrogens with zero attached hydrogens (tertiary/aromatic N) is 3. The van der Waals surface area contributed by atoms with Crippen LogP contribution in [0.5, 0.6) is 5.88 Å². The number of hydrogen-bond acceptors (Lipinski definition) is 5. The zero-order chi connectivity index (χ0) is 21.1. The third-order valence-electron chi connectivity index (χ3n) is 6.05. The highest BCUT2D eigenvalue weighted by atomic mass is 32.2. The second kappa shape index (κ2) is 6.79. The minimum Gasteiger partial charge on any atom is -0.466 e. The van der Waals surface area contributed by atoms with Gasteiger partial charge in [0.05, 0.1) is 19.3 Å². The van der Waals surface area contributed by atoms with Crippen molar-refractivity contribution in [2.24, 2.45) is 9.50 Å². The number of carbonyl (C=O) groups is 1. The molecule has 10 heteroatoms. The van der Waals surface area contributed by atoms with Crippen molar-refractivity contribution in [1.82, 2.24) is 9.78 Å². The number of fused-ring (bicyclic) bond motifs is 3. The van der Waals surface area contributed by atoms with Gasteiger partial charge in [-0.3, -0.25) is 0 Å². The number of aromatic nitrogens is 2. The van der Waals surface area contributed by atoms with Crippen LogP contribution in [-0.4, -0.2) is 39.3 Å². The van der Waals surface area contributed by atoms with Gasteiger partial charge in [0.2, 0.25) is 5.88 Å². The third kappa shape index (κ3) is 3.10. The lowest BCUT2D eigenvalue weighted by atomic mass is 9.83. The topological polar surface area (TPSA) is 121 Å². The molecule has 2 atom stereocenters. The molecule has 3 N–H and O–H groups in total. The van der Waals surface area contributed by atoms with Crippen molar-refractivity contribution < 1.29 is 18.5 Å². The predicted molar refractivity (Wildman–Crippen MR) is 111 cm³/mol. The Morgan fingerprint density at radius 1 is 1.37 bits per heavy atom. The molecule has 2 amide bonds. The van der Waals surface area contributed by atoms with Gasteiger partial charge in [0, 0.05) is 12.8 Å². The molecule has 1 aromatic carbocycles. The van der Waals surface area contributed by atoms with Crippen molar-refractivity contribution in [2.75, 3.05) is 19.0 Å². The lowest BCUT2D eigenvalue weighted by Gasteiger charge is -2.25. The van der Waals surface area contributed by atoms with Gasteiger partial charge in [-0.05, 0) is 61.3 Å². The van der Waals surface area contributed by atoms with Gasteiger partial charge in [-0.25, -0.2) is 18.8 Å². The fraction of sp³-hybridized carbons (Fsp3) is 0.500. The number of hydrogen-bond donors (Lipinski definition) is 2. The quantitative estimate of drug-likeness (QED) is 0.769. The lowest BCUT2D eigenvalue weighted by molar-refractivity contribution is 0.0165. The van der Waals surface area contributed by atoms with Crippen molar-refractivity contribution in [1.29, 1.82) is 0 Å². The van der Waals surface area contributed by atoms with Crippen molar-refractivity contribution in [3.63, 3.8) is 0 Å². The molecule has 0 fully saturated rings. The van der Waals surface area contributed by atoms with Gasteiger partial charge in [0.1, 0.15) is 4.90 Å². The van der Waals surface area contributed by atoms with Crippen LogP contribution in [0.3, 0.4) is 0 Å². The van der Waals surface area contributed by atoms with Crippen LogP contribution in [0.15, 0.2) is 21.5 Å². The van der Waals surface area contributed by atoms with Gasteiger partial charge in [-0.2, -0.15) is 5.10 Å². The Balaban J connectivity index is 1.43. The molecule has 5 rings (SSSR count). The molecular formula is C20H25N5O4S. The zero-order valence-corrected chi connectivity index (χ0v) is 17.9. The maximum Gasteiger partial charge on any atom is 0.354 e. The van der Waals surface area contributed by atoms with Crippen molar-refractivity contribution >= 4 is 21.6 Å². The van der Waals surface area contributed by atoms with E-state index < -0.39 is 21.5 Å². The van der Waals surface area contributed by atoms with Gasteiger partial charge >= 0.3 is 6.03 Å². The van der Waals surface area contributed by atoms with Crippen LogP contribution in [0.1, 0.15) is 35.6 Å². The number of amides is 2. The first-order valence-corrected chi connectivity index (χ1v) is 11.6. The minimum absolute atomic E-state index is 0.115. The monoisotopic (exact) mass is 431 g/mol. The summed E-state index contributed by atoms with van der Waals surface area (Å²) in [7, 11) is -1.95. The first-order chi connectivity index (χ1) is 14.3. The summed E-state index contributed by atoms with van der Waals surface area (Å²) in [4.78, 5) is 12.8. The van der Waals surface area contributed by atoms with Gasteiger partial charge in [0.25, 0.3) is 0 Å². The van der Waals surface area contributed by atoms with Crippen LogP contribution in [0.25, 0.3) is 0 Å². The Kier molecular flexibility index (Phi) is 4.42. The average molecular weight is 432 g/mol. The summed E-state index contributed by atoms with van der Waals surface area (Å²) in [5.74, 6) is 0.267. The summed E-state index contributed by atoms with van der Waals surface area (Å²) in [6.07, 6.45) is 6.34. The number of nitrogens with two attached hydrogens (primary N) is 1. The summed E-state index contributed by atoms with van der Waals surface area (Å²) < 4.78 is 29.7. The van der Waals surface area contributed by atoms with E-state index in [-0.39, 0.29) is 10.8 Å². The molecule has 0 bridgehead atoms. The number of urea groups is 1. The number of aryl methyl sites for hydroxylation is 2. The molecule has 0 saturated heterocycles. The highest BCUT2D eigenvalue weighted by Gasteiger charge is 2.39. The highest BCUT2D eigenvalue weighted by molar-refractivity contribution is 7.91. The standard InChI is InChI=1S/C20H25N5O4S/c1-20(11-28-2)10-25-18(29-20)16(9-22-25)30(21,27)24-19(26)23-17-14-5-3-4-12(14)8-13-6-7-15(13)17/h8-9H,3-7,10-11H2,1-2H3,(H3,21,23,24,26,27)/t20-,30?/m0/s1. The Labute approximate surface area is 175 Å². The van der Waals surface area contributed by atoms with Gasteiger partial charge in [-0.15, -0.1) is 4.36 Å². The molecule has 0 saturated carbocycles. The van der Waals surface area contributed by atoms with Crippen LogP contribution in [0.2, 0.25) is 0 Å². The number of rotatable bonds is 4. The molecular weight excluding hydrogens is 406 g/mol. The number of nitrogens with one attached hydrogen (secondary N) is 1. The van der Waals surface area contributed by atoms with Crippen LogP contribution < -0.4 is 15.2 Å². The summed E-state index contributed by atoms with van der Waals surface area (Å²) >= 11 is 0. The van der Waals surface area contributed by atoms with E-state index in [0.29, 0.717) is 13.2 Å². The van der Waals surface area contributed by atoms with Crippen molar-refractivity contribution in [3.8, 4) is 5.88 Å². The summed E-state index contributed by atoms with van der Waals surface area (Å²) in [5.41, 5.74) is 5.09. The van der Waals surface area contributed by atoms with E-state index in [9.17, 15) is 9.00 Å². The zero-order valence-electron chi connectivity index (χ0n) is 17.1. The fourth-order valence-electron chi connectivity index (χ4n) is 4.63. The Morgan fingerprint density at radius 3 is 2.87 bits per heavy atom. The van der Waals surface area contributed by atoms with E-state index in [4.69, 9.17) is 14.6 Å². The van der Waals surface area contributed by atoms with E-state index in [1.807, 2.05) is 6.92 Å². The maximum absolute atomic E-state index is 13.2. The smallest absolute Gasteiger partial charge is 0.354 e. The van der Waals surface area contributed by atoms with E-state index in [2.05, 4.69) is 20.8 Å². The Bertz CT molecular complexity index is 1180. The second-order valence-corrected chi connectivity index (χ2v) is 10.2. The maximum atomic E-state index is 13.2. The lowest BCUT2D eigenvalue weighted by Crippen LogP contribution is -2.36. The molecule has 9 nitrogen and oxygen atoms in total. The number of carbonyl (C=O) groups excluding carboxylic acids is 1. The molecule has 2 aromatic rings. The van der Waals surface area contributed by atoms with Crippen LogP contribution >= 0.6 is 0 Å². The molecule has 3 aliphatic rings. The molecule has 30 heavy (non-hydrogen) atoms. The van der Waals surface area contributed by atoms with Gasteiger partial charge in [-0.1, -0.05) is 6.07 Å². The number of ether oxygens (including phenoxy) is 2. The molecule has 2 heterocycles. The first kappa shape index (κ1) is 19.5. The molecule has 1 aliphatic heterocycles. The fourth-order valence-corrected chi connectivity index (χ4v) is 5.62. The van der Waals surface area contributed by atoms with Gasteiger partial charge < -0.3 is 14.8 Å². The molecule has 0 spiro atoms. The minimum atomic E-state index is -3.53. The average Bonchev–Trinajstić information content (AvgIpc) is 3.31. The van der Waals surface area contributed by atoms with E-state index >= 15 is 0 Å². The normalized spacial score (nSPS) is 22.9. The highest BCUT2D eigenvalue weighted by Crippen LogP contribution is 2.40. The molecule has 1 aromatic heterocycles. The van der Waals surface area contributed by atoms with Crippen LogP contribution in [0, 0.1) is 0 Å². The molecule has 2 aliphatic carbocycles. The van der Waals surface area contributed by atoms with Crippen molar-refractivity contribution in [3.05, 3.63) is 34.5 Å². The summed E-state index contributed by atoms with van der Waals surface area (Å²) in [6.45, 7) is 2.63. The summed E-state index contributed by atoms with van der Waals surface area (Å²) in [6, 6.07) is 1.54. The van der Waals surface area contributed by atoms with Gasteiger partial charge in [0.15, 0.2) is 15.5 Å². The third-order valence-corrected chi connectivity index (χ3v) is 7.39. The van der Waals surface area contributed by atoms with Crippen LogP contribution in [0.4, 0.5) is 10.5 Å².